The third-order valence-electron chi connectivity index (χ3n) is 6.27. The fourth-order valence-corrected chi connectivity index (χ4v) is 4.39. The number of Topliss-reactive ketones (excluding diaryl/α,β-unsaturated/α-hetero) is 1. The van der Waals surface area contributed by atoms with Gasteiger partial charge in [0.25, 0.3) is 11.7 Å². The quantitative estimate of drug-likeness (QED) is 0.320. The number of hydrogen-bond donors (Lipinski definition) is 2. The SMILES string of the molecule is CCCCN1C(=O)C(=O)/C(=C(/O)c2cc(C(C)C)c(OC)cc2C)C1c1ccc(OC)c(O)c1. The van der Waals surface area contributed by atoms with E-state index in [1.54, 1.807) is 19.2 Å². The Kier molecular flexibility index (Phi) is 7.54. The first-order valence-electron chi connectivity index (χ1n) is 11.5. The number of phenolic OH excluding ortho intramolecular Hbond substituents is 1. The number of benzene rings is 2. The van der Waals surface area contributed by atoms with Crippen molar-refractivity contribution in [3.63, 3.8) is 0 Å². The number of hydrogen-bond acceptors (Lipinski definition) is 6. The van der Waals surface area contributed by atoms with Gasteiger partial charge in [0.2, 0.25) is 0 Å². The molecule has 1 unspecified atom stereocenters. The molecule has 182 valence electrons. The van der Waals surface area contributed by atoms with Crippen LogP contribution in [-0.4, -0.2) is 47.6 Å². The van der Waals surface area contributed by atoms with Crippen molar-refractivity contribution in [2.24, 2.45) is 0 Å². The van der Waals surface area contributed by atoms with Gasteiger partial charge >= 0.3 is 0 Å². The van der Waals surface area contributed by atoms with Crippen molar-refractivity contribution in [2.75, 3.05) is 20.8 Å². The molecular formula is C27H33NO6. The number of amides is 1. The molecule has 3 rings (SSSR count). The smallest absolute Gasteiger partial charge is 0.295 e. The van der Waals surface area contributed by atoms with Gasteiger partial charge in [-0.2, -0.15) is 0 Å². The topological polar surface area (TPSA) is 96.3 Å². The highest BCUT2D eigenvalue weighted by Gasteiger charge is 2.46. The minimum atomic E-state index is -0.827. The average Bonchev–Trinajstić information content (AvgIpc) is 3.06. The Morgan fingerprint density at radius 1 is 1.09 bits per heavy atom. The van der Waals surface area contributed by atoms with Gasteiger partial charge in [0, 0.05) is 12.1 Å². The van der Waals surface area contributed by atoms with Crippen LogP contribution in [0.2, 0.25) is 0 Å². The predicted octanol–water partition coefficient (Wildman–Crippen LogP) is 5.06. The molecule has 1 amide bonds. The van der Waals surface area contributed by atoms with E-state index in [1.165, 1.54) is 18.1 Å². The number of aryl methyl sites for hydroxylation is 1. The highest BCUT2D eigenvalue weighted by molar-refractivity contribution is 6.46. The van der Waals surface area contributed by atoms with E-state index in [1.807, 2.05) is 39.8 Å². The standard InChI is InChI=1S/C27H33NO6/c1-7-8-11-28-24(17-9-10-21(33-5)20(29)13-17)23(26(31)27(28)32)25(30)19-14-18(15(2)3)22(34-6)12-16(19)4/h9-10,12-15,24,29-30H,7-8,11H2,1-6H3/b25-23+. The first-order valence-corrected chi connectivity index (χ1v) is 11.5. The van der Waals surface area contributed by atoms with Gasteiger partial charge in [-0.3, -0.25) is 9.59 Å². The van der Waals surface area contributed by atoms with E-state index in [0.717, 1.165) is 17.5 Å². The molecule has 7 heteroatoms. The molecule has 0 saturated carbocycles. The summed E-state index contributed by atoms with van der Waals surface area (Å²) in [5.74, 6) is -0.654. The van der Waals surface area contributed by atoms with Crippen molar-refractivity contribution in [3.8, 4) is 17.2 Å². The third kappa shape index (κ3) is 4.47. The minimum Gasteiger partial charge on any atom is -0.507 e. The summed E-state index contributed by atoms with van der Waals surface area (Å²) >= 11 is 0. The summed E-state index contributed by atoms with van der Waals surface area (Å²) in [4.78, 5) is 27.7. The number of methoxy groups -OCH3 is 2. The maximum Gasteiger partial charge on any atom is 0.295 e. The number of likely N-dealkylation sites (tertiary alicyclic amines) is 1. The average molecular weight is 468 g/mol. The predicted molar refractivity (Wildman–Crippen MR) is 130 cm³/mol. The number of aromatic hydroxyl groups is 1. The molecule has 1 aliphatic heterocycles. The van der Waals surface area contributed by atoms with Gasteiger partial charge in [-0.1, -0.05) is 33.3 Å². The van der Waals surface area contributed by atoms with E-state index in [2.05, 4.69) is 0 Å². The van der Waals surface area contributed by atoms with E-state index in [-0.39, 0.29) is 28.7 Å². The van der Waals surface area contributed by atoms with E-state index in [4.69, 9.17) is 9.47 Å². The van der Waals surface area contributed by atoms with Gasteiger partial charge < -0.3 is 24.6 Å². The number of nitrogens with zero attached hydrogens (tertiary/aromatic N) is 1. The molecule has 0 bridgehead atoms. The van der Waals surface area contributed by atoms with Gasteiger partial charge in [0.1, 0.15) is 11.5 Å². The Morgan fingerprint density at radius 2 is 1.76 bits per heavy atom. The molecular weight excluding hydrogens is 434 g/mol. The first kappa shape index (κ1) is 25.1. The number of carbonyl (C=O) groups is 2. The summed E-state index contributed by atoms with van der Waals surface area (Å²) in [5, 5.41) is 21.8. The van der Waals surface area contributed by atoms with Crippen LogP contribution in [0.25, 0.3) is 5.76 Å². The molecule has 7 nitrogen and oxygen atoms in total. The normalized spacial score (nSPS) is 17.5. The monoisotopic (exact) mass is 467 g/mol. The molecule has 0 aromatic heterocycles. The van der Waals surface area contributed by atoms with Crippen molar-refractivity contribution in [3.05, 3.63) is 58.2 Å². The molecule has 2 N–H and O–H groups in total. The second-order valence-electron chi connectivity index (χ2n) is 8.84. The number of unbranched alkanes of at least 4 members (excludes halogenated alkanes) is 1. The molecule has 1 saturated heterocycles. The Morgan fingerprint density at radius 3 is 2.32 bits per heavy atom. The molecule has 0 radical (unpaired) electrons. The van der Waals surface area contributed by atoms with Crippen molar-refractivity contribution in [2.45, 2.75) is 52.5 Å². The summed E-state index contributed by atoms with van der Waals surface area (Å²) in [6.07, 6.45) is 1.53. The van der Waals surface area contributed by atoms with Crippen LogP contribution in [0.3, 0.4) is 0 Å². The Balaban J connectivity index is 2.26. The number of aliphatic hydroxyl groups is 1. The number of aliphatic hydroxyl groups excluding tert-OH is 1. The van der Waals surface area contributed by atoms with Gasteiger partial charge in [-0.05, 0) is 60.2 Å². The number of carbonyl (C=O) groups excluding carboxylic acids is 2. The minimum absolute atomic E-state index is 0.00800. The number of ketones is 1. The summed E-state index contributed by atoms with van der Waals surface area (Å²) in [5.41, 5.74) is 2.60. The summed E-state index contributed by atoms with van der Waals surface area (Å²) in [6, 6.07) is 7.57. The van der Waals surface area contributed by atoms with Crippen molar-refractivity contribution < 1.29 is 29.3 Å². The molecule has 0 aliphatic carbocycles. The lowest BCUT2D eigenvalue weighted by Gasteiger charge is -2.26. The zero-order valence-electron chi connectivity index (χ0n) is 20.6. The van der Waals surface area contributed by atoms with Crippen LogP contribution in [-0.2, 0) is 9.59 Å². The van der Waals surface area contributed by atoms with Gasteiger partial charge in [-0.15, -0.1) is 0 Å². The molecule has 1 aliphatic rings. The van der Waals surface area contributed by atoms with E-state index >= 15 is 0 Å². The second-order valence-corrected chi connectivity index (χ2v) is 8.84. The Labute approximate surface area is 200 Å². The molecule has 1 fully saturated rings. The molecule has 2 aromatic rings. The molecule has 1 atom stereocenters. The van der Waals surface area contributed by atoms with Crippen molar-refractivity contribution >= 4 is 17.4 Å². The molecule has 1 heterocycles. The van der Waals surface area contributed by atoms with Crippen LogP contribution < -0.4 is 9.47 Å². The van der Waals surface area contributed by atoms with Crippen molar-refractivity contribution in [1.29, 1.82) is 0 Å². The summed E-state index contributed by atoms with van der Waals surface area (Å²) in [7, 11) is 3.04. The second kappa shape index (κ2) is 10.2. The zero-order chi connectivity index (χ0) is 25.2. The number of phenols is 1. The van der Waals surface area contributed by atoms with Crippen LogP contribution in [0.5, 0.6) is 17.2 Å². The summed E-state index contributed by atoms with van der Waals surface area (Å²) < 4.78 is 10.6. The maximum absolute atomic E-state index is 13.2. The van der Waals surface area contributed by atoms with Crippen LogP contribution in [0.4, 0.5) is 0 Å². The van der Waals surface area contributed by atoms with E-state index < -0.39 is 17.7 Å². The Hall–Kier alpha value is -3.48. The van der Waals surface area contributed by atoms with Crippen molar-refractivity contribution in [1.82, 2.24) is 4.90 Å². The fourth-order valence-electron chi connectivity index (χ4n) is 4.39. The Bertz CT molecular complexity index is 1130. The van der Waals surface area contributed by atoms with Crippen LogP contribution >= 0.6 is 0 Å². The van der Waals surface area contributed by atoms with Crippen LogP contribution in [0, 0.1) is 6.92 Å². The lowest BCUT2D eigenvalue weighted by atomic mass is 9.91. The summed E-state index contributed by atoms with van der Waals surface area (Å²) in [6.45, 7) is 8.21. The van der Waals surface area contributed by atoms with Gasteiger partial charge in [0.05, 0.1) is 25.8 Å². The van der Waals surface area contributed by atoms with Gasteiger partial charge in [0.15, 0.2) is 11.5 Å². The van der Waals surface area contributed by atoms with Crippen LogP contribution in [0.15, 0.2) is 35.9 Å². The van der Waals surface area contributed by atoms with Gasteiger partial charge in [-0.25, -0.2) is 0 Å². The first-order chi connectivity index (χ1) is 16.2. The van der Waals surface area contributed by atoms with E-state index in [0.29, 0.717) is 29.8 Å². The molecule has 34 heavy (non-hydrogen) atoms. The molecule has 0 spiro atoms. The number of rotatable bonds is 8. The lowest BCUT2D eigenvalue weighted by Crippen LogP contribution is -2.30. The largest absolute Gasteiger partial charge is 0.507 e. The highest BCUT2D eigenvalue weighted by atomic mass is 16.5. The van der Waals surface area contributed by atoms with E-state index in [9.17, 15) is 19.8 Å². The molecule has 2 aromatic carbocycles. The third-order valence-corrected chi connectivity index (χ3v) is 6.27. The zero-order valence-corrected chi connectivity index (χ0v) is 20.6. The maximum atomic E-state index is 13.2. The fraction of sp³-hybridized carbons (Fsp3) is 0.407. The lowest BCUT2D eigenvalue weighted by molar-refractivity contribution is -0.139. The highest BCUT2D eigenvalue weighted by Crippen LogP contribution is 2.43. The van der Waals surface area contributed by atoms with Crippen LogP contribution in [0.1, 0.15) is 67.8 Å². The number of ether oxygens (including phenoxy) is 2.